The molecule has 4 nitrogen and oxygen atoms in total. The zero-order chi connectivity index (χ0) is 17.9. The smallest absolute Gasteiger partial charge is 0.191 e. The molecule has 1 aliphatic heterocycles. The second-order valence-electron chi connectivity index (χ2n) is 6.90. The quantitative estimate of drug-likeness (QED) is 0.390. The molecule has 6 heteroatoms. The standard InChI is InChI=1S/C21H24FN3O.HI/c1-23-21(25-19-13-17(19)16-4-2-3-5-18(16)22)24-10-8-14-6-7-20-15(12-14)9-11-26-20;/h2-7,12,17,19H,8-11,13H2,1H3,(H2,23,24,25);1H. The molecule has 4 rings (SSSR count). The minimum atomic E-state index is -0.120. The Morgan fingerprint density at radius 2 is 2.11 bits per heavy atom. The number of benzene rings is 2. The van der Waals surface area contributed by atoms with Gasteiger partial charge in [-0.15, -0.1) is 24.0 Å². The maximum atomic E-state index is 13.9. The zero-order valence-corrected chi connectivity index (χ0v) is 17.7. The lowest BCUT2D eigenvalue weighted by atomic mass is 10.1. The van der Waals surface area contributed by atoms with E-state index in [0.29, 0.717) is 0 Å². The summed E-state index contributed by atoms with van der Waals surface area (Å²) in [7, 11) is 1.77. The molecule has 1 heterocycles. The molecule has 0 radical (unpaired) electrons. The first-order valence-corrected chi connectivity index (χ1v) is 9.21. The molecule has 0 bridgehead atoms. The lowest BCUT2D eigenvalue weighted by Gasteiger charge is -2.12. The summed E-state index contributed by atoms with van der Waals surface area (Å²) in [5.74, 6) is 1.90. The van der Waals surface area contributed by atoms with Gasteiger partial charge in [0.25, 0.3) is 0 Å². The SMILES string of the molecule is CN=C(NCCc1ccc2c(c1)CCO2)NC1CC1c1ccccc1F.I. The van der Waals surface area contributed by atoms with Crippen LogP contribution in [0.3, 0.4) is 0 Å². The van der Waals surface area contributed by atoms with E-state index >= 15 is 0 Å². The van der Waals surface area contributed by atoms with Crippen LogP contribution < -0.4 is 15.4 Å². The van der Waals surface area contributed by atoms with Crippen molar-refractivity contribution in [3.05, 3.63) is 65.0 Å². The molecule has 1 fully saturated rings. The summed E-state index contributed by atoms with van der Waals surface area (Å²) in [6.07, 6.45) is 2.86. The minimum absolute atomic E-state index is 0. The molecule has 2 aromatic rings. The first kappa shape index (κ1) is 19.9. The number of aliphatic imine (C=N–C) groups is 1. The summed E-state index contributed by atoms with van der Waals surface area (Å²) < 4.78 is 19.4. The van der Waals surface area contributed by atoms with Crippen LogP contribution in [0.15, 0.2) is 47.5 Å². The number of nitrogens with one attached hydrogen (secondary N) is 2. The van der Waals surface area contributed by atoms with Crippen molar-refractivity contribution in [2.75, 3.05) is 20.2 Å². The van der Waals surface area contributed by atoms with Gasteiger partial charge in [-0.25, -0.2) is 4.39 Å². The van der Waals surface area contributed by atoms with Crippen molar-refractivity contribution in [2.24, 2.45) is 4.99 Å². The van der Waals surface area contributed by atoms with Crippen LogP contribution in [0, 0.1) is 5.82 Å². The second-order valence-corrected chi connectivity index (χ2v) is 6.90. The highest BCUT2D eigenvalue weighted by Crippen LogP contribution is 2.41. The molecule has 144 valence electrons. The third-order valence-corrected chi connectivity index (χ3v) is 5.10. The summed E-state index contributed by atoms with van der Waals surface area (Å²) in [5.41, 5.74) is 3.39. The molecule has 2 atom stereocenters. The molecule has 0 spiro atoms. The molecule has 0 aromatic heterocycles. The minimum Gasteiger partial charge on any atom is -0.493 e. The Morgan fingerprint density at radius 1 is 1.26 bits per heavy atom. The van der Waals surface area contributed by atoms with Gasteiger partial charge in [-0.3, -0.25) is 4.99 Å². The Kier molecular flexibility index (Phi) is 6.57. The Morgan fingerprint density at radius 3 is 2.93 bits per heavy atom. The highest BCUT2D eigenvalue weighted by molar-refractivity contribution is 14.0. The van der Waals surface area contributed by atoms with E-state index in [1.807, 2.05) is 12.1 Å². The molecule has 27 heavy (non-hydrogen) atoms. The highest BCUT2D eigenvalue weighted by atomic mass is 127. The van der Waals surface area contributed by atoms with Crippen LogP contribution in [0.2, 0.25) is 0 Å². The zero-order valence-electron chi connectivity index (χ0n) is 15.4. The largest absolute Gasteiger partial charge is 0.493 e. The van der Waals surface area contributed by atoms with E-state index in [1.165, 1.54) is 17.2 Å². The Labute approximate surface area is 176 Å². The van der Waals surface area contributed by atoms with Crippen LogP contribution in [0.25, 0.3) is 0 Å². The molecule has 0 saturated heterocycles. The third kappa shape index (κ3) is 4.72. The van der Waals surface area contributed by atoms with E-state index in [4.69, 9.17) is 4.74 Å². The van der Waals surface area contributed by atoms with Gasteiger partial charge >= 0.3 is 0 Å². The fourth-order valence-electron chi connectivity index (χ4n) is 3.56. The fourth-order valence-corrected chi connectivity index (χ4v) is 3.56. The topological polar surface area (TPSA) is 45.7 Å². The van der Waals surface area contributed by atoms with E-state index in [9.17, 15) is 4.39 Å². The molecule has 0 amide bonds. The summed E-state index contributed by atoms with van der Waals surface area (Å²) in [6.45, 7) is 1.59. The number of nitrogens with zero attached hydrogens (tertiary/aromatic N) is 1. The first-order chi connectivity index (χ1) is 12.7. The highest BCUT2D eigenvalue weighted by Gasteiger charge is 2.40. The lowest BCUT2D eigenvalue weighted by Crippen LogP contribution is -2.39. The monoisotopic (exact) mass is 481 g/mol. The van der Waals surface area contributed by atoms with E-state index in [1.54, 1.807) is 13.1 Å². The van der Waals surface area contributed by atoms with Gasteiger partial charge in [-0.1, -0.05) is 30.3 Å². The maximum absolute atomic E-state index is 13.9. The molecule has 2 N–H and O–H groups in total. The molecular formula is C21H25FIN3O. The van der Waals surface area contributed by atoms with E-state index in [0.717, 1.165) is 49.7 Å². The van der Waals surface area contributed by atoms with Crippen LogP contribution in [-0.2, 0) is 12.8 Å². The summed E-state index contributed by atoms with van der Waals surface area (Å²) in [5, 5.41) is 6.75. The number of guanidine groups is 1. The van der Waals surface area contributed by atoms with Gasteiger partial charge in [0.1, 0.15) is 11.6 Å². The van der Waals surface area contributed by atoms with E-state index in [-0.39, 0.29) is 41.8 Å². The second kappa shape index (κ2) is 8.91. The van der Waals surface area contributed by atoms with Gasteiger partial charge in [0.05, 0.1) is 6.61 Å². The average molecular weight is 481 g/mol. The molecule has 1 saturated carbocycles. The number of hydrogen-bond acceptors (Lipinski definition) is 2. The Hall–Kier alpha value is -1.83. The number of rotatable bonds is 5. The number of ether oxygens (including phenoxy) is 1. The first-order valence-electron chi connectivity index (χ1n) is 9.21. The van der Waals surface area contributed by atoms with Crippen molar-refractivity contribution < 1.29 is 9.13 Å². The number of halogens is 2. The number of hydrogen-bond donors (Lipinski definition) is 2. The maximum Gasteiger partial charge on any atom is 0.191 e. The van der Waals surface area contributed by atoms with Crippen LogP contribution >= 0.6 is 24.0 Å². The van der Waals surface area contributed by atoms with Gasteiger partial charge in [0.2, 0.25) is 0 Å². The van der Waals surface area contributed by atoms with Gasteiger partial charge in [-0.05, 0) is 41.7 Å². The van der Waals surface area contributed by atoms with Crippen LogP contribution in [-0.4, -0.2) is 32.2 Å². The Bertz CT molecular complexity index is 827. The van der Waals surface area contributed by atoms with E-state index in [2.05, 4.69) is 33.8 Å². The van der Waals surface area contributed by atoms with Crippen molar-refractivity contribution in [3.63, 3.8) is 0 Å². The normalized spacial score (nSPS) is 20.3. The molecule has 2 unspecified atom stereocenters. The van der Waals surface area contributed by atoms with Crippen molar-refractivity contribution in [1.82, 2.24) is 10.6 Å². The fraction of sp³-hybridized carbons (Fsp3) is 0.381. The van der Waals surface area contributed by atoms with Crippen molar-refractivity contribution >= 4 is 29.9 Å². The molecular weight excluding hydrogens is 456 g/mol. The predicted molar refractivity (Wildman–Crippen MR) is 117 cm³/mol. The van der Waals surface area contributed by atoms with Crippen molar-refractivity contribution in [1.29, 1.82) is 0 Å². The van der Waals surface area contributed by atoms with Crippen molar-refractivity contribution in [3.8, 4) is 5.75 Å². The summed E-state index contributed by atoms with van der Waals surface area (Å²) in [4.78, 5) is 4.29. The molecule has 2 aromatic carbocycles. The van der Waals surface area contributed by atoms with Gasteiger partial charge in [0, 0.05) is 32.0 Å². The van der Waals surface area contributed by atoms with E-state index < -0.39 is 0 Å². The summed E-state index contributed by atoms with van der Waals surface area (Å²) in [6, 6.07) is 13.7. The summed E-state index contributed by atoms with van der Waals surface area (Å²) >= 11 is 0. The van der Waals surface area contributed by atoms with Crippen LogP contribution in [0.1, 0.15) is 29.0 Å². The molecule has 2 aliphatic rings. The van der Waals surface area contributed by atoms with Gasteiger partial charge < -0.3 is 15.4 Å². The van der Waals surface area contributed by atoms with Gasteiger partial charge in [-0.2, -0.15) is 0 Å². The van der Waals surface area contributed by atoms with Crippen molar-refractivity contribution in [2.45, 2.75) is 31.2 Å². The molecule has 1 aliphatic carbocycles. The third-order valence-electron chi connectivity index (χ3n) is 5.10. The Balaban J connectivity index is 0.00000210. The predicted octanol–water partition coefficient (Wildman–Crippen LogP) is 3.64. The van der Waals surface area contributed by atoms with Crippen LogP contribution in [0.4, 0.5) is 4.39 Å². The van der Waals surface area contributed by atoms with Crippen LogP contribution in [0.5, 0.6) is 5.75 Å². The number of fused-ring (bicyclic) bond motifs is 1. The van der Waals surface area contributed by atoms with Gasteiger partial charge in [0.15, 0.2) is 5.96 Å². The lowest BCUT2D eigenvalue weighted by molar-refractivity contribution is 0.357. The average Bonchev–Trinajstić information content (AvgIpc) is 3.25.